The van der Waals surface area contributed by atoms with Gasteiger partial charge in [0, 0.05) is 19.5 Å². The summed E-state index contributed by atoms with van der Waals surface area (Å²) in [6, 6.07) is 0. The molecule has 2 rings (SSSR count). The minimum atomic E-state index is -0.313. The number of nitrogens with zero attached hydrogens (tertiary/aromatic N) is 5. The molecule has 1 N–H and O–H groups in total. The molecule has 19 heavy (non-hydrogen) atoms. The molecule has 0 spiro atoms. The highest BCUT2D eigenvalue weighted by molar-refractivity contribution is 5.76. The first-order chi connectivity index (χ1) is 8.96. The number of carbonyl (C=O) groups excluding carboxylic acids is 1. The molecule has 106 valence electrons. The third-order valence-electron chi connectivity index (χ3n) is 3.44. The van der Waals surface area contributed by atoms with Crippen molar-refractivity contribution < 1.29 is 9.90 Å². The Bertz CT molecular complexity index is 418. The summed E-state index contributed by atoms with van der Waals surface area (Å²) in [5.74, 6) is 0.0951. The van der Waals surface area contributed by atoms with Gasteiger partial charge in [0.15, 0.2) is 0 Å². The van der Waals surface area contributed by atoms with Gasteiger partial charge in [-0.25, -0.2) is 4.68 Å². The van der Waals surface area contributed by atoms with Crippen LogP contribution < -0.4 is 0 Å². The third-order valence-corrected chi connectivity index (χ3v) is 3.44. The largest absolute Gasteiger partial charge is 0.393 e. The van der Waals surface area contributed by atoms with Gasteiger partial charge >= 0.3 is 0 Å². The van der Waals surface area contributed by atoms with Gasteiger partial charge in [-0.15, -0.1) is 5.10 Å². The summed E-state index contributed by atoms with van der Waals surface area (Å²) in [6.45, 7) is 5.98. The highest BCUT2D eigenvalue weighted by Crippen LogP contribution is 2.28. The number of hydrogen-bond acceptors (Lipinski definition) is 5. The summed E-state index contributed by atoms with van der Waals surface area (Å²) in [5, 5.41) is 20.6. The van der Waals surface area contributed by atoms with E-state index < -0.39 is 0 Å². The summed E-state index contributed by atoms with van der Waals surface area (Å²) in [6.07, 6.45) is 2.97. The van der Waals surface area contributed by atoms with Crippen LogP contribution in [0.4, 0.5) is 0 Å². The lowest BCUT2D eigenvalue weighted by Crippen LogP contribution is -2.38. The highest BCUT2D eigenvalue weighted by atomic mass is 16.3. The number of tetrazole rings is 1. The Morgan fingerprint density at radius 1 is 1.53 bits per heavy atom. The molecule has 0 saturated carbocycles. The van der Waals surface area contributed by atoms with Crippen LogP contribution in [0.15, 0.2) is 6.33 Å². The quantitative estimate of drug-likeness (QED) is 0.838. The fourth-order valence-corrected chi connectivity index (χ4v) is 2.57. The van der Waals surface area contributed by atoms with Gasteiger partial charge in [0.25, 0.3) is 0 Å². The van der Waals surface area contributed by atoms with Crippen molar-refractivity contribution in [2.45, 2.75) is 45.8 Å². The molecule has 1 aromatic rings. The van der Waals surface area contributed by atoms with Crippen molar-refractivity contribution in [1.29, 1.82) is 0 Å². The normalized spacial score (nSPS) is 23.1. The number of aliphatic hydroxyl groups excluding tert-OH is 1. The van der Waals surface area contributed by atoms with Crippen LogP contribution in [0.5, 0.6) is 0 Å². The smallest absolute Gasteiger partial charge is 0.224 e. The molecule has 0 aromatic carbocycles. The molecule has 1 atom stereocenters. The standard InChI is InChI=1S/C12H21N5O2/c1-12(2)7-10(18)3-5-16(8-12)11(19)4-6-17-9-13-14-15-17/h9-10,18H,3-8H2,1-2H3/t10-/m0/s1. The molecule has 2 heterocycles. The zero-order valence-corrected chi connectivity index (χ0v) is 11.5. The van der Waals surface area contributed by atoms with Gasteiger partial charge < -0.3 is 10.0 Å². The van der Waals surface area contributed by atoms with Gasteiger partial charge in [-0.2, -0.15) is 0 Å². The van der Waals surface area contributed by atoms with Crippen LogP contribution in [0, 0.1) is 5.41 Å². The third kappa shape index (κ3) is 3.99. The van der Waals surface area contributed by atoms with Crippen molar-refractivity contribution in [3.63, 3.8) is 0 Å². The summed E-state index contributed by atoms with van der Waals surface area (Å²) in [5.41, 5.74) is -0.0413. The number of aromatic nitrogens is 4. The van der Waals surface area contributed by atoms with Crippen LogP contribution in [0.2, 0.25) is 0 Å². The van der Waals surface area contributed by atoms with Crippen molar-refractivity contribution in [3.05, 3.63) is 6.33 Å². The number of hydrogen-bond donors (Lipinski definition) is 1. The maximum atomic E-state index is 12.2. The average Bonchev–Trinajstić information content (AvgIpc) is 2.79. The van der Waals surface area contributed by atoms with E-state index in [0.29, 0.717) is 32.5 Å². The minimum Gasteiger partial charge on any atom is -0.393 e. The van der Waals surface area contributed by atoms with E-state index in [9.17, 15) is 9.90 Å². The molecule has 1 aliphatic heterocycles. The molecule has 1 aliphatic rings. The predicted octanol–water partition coefficient (Wildman–Crippen LogP) is 0.0727. The Morgan fingerprint density at radius 2 is 2.32 bits per heavy atom. The first kappa shape index (κ1) is 13.9. The molecule has 1 aromatic heterocycles. The Hall–Kier alpha value is -1.50. The van der Waals surface area contributed by atoms with E-state index in [-0.39, 0.29) is 17.4 Å². The lowest BCUT2D eigenvalue weighted by Gasteiger charge is -2.29. The molecule has 0 bridgehead atoms. The number of carbonyl (C=O) groups is 1. The van der Waals surface area contributed by atoms with Gasteiger partial charge in [0.05, 0.1) is 12.6 Å². The molecule has 0 unspecified atom stereocenters. The van der Waals surface area contributed by atoms with Crippen LogP contribution in [-0.4, -0.2) is 55.3 Å². The van der Waals surface area contributed by atoms with Crippen LogP contribution in [0.1, 0.15) is 33.1 Å². The molecule has 0 aliphatic carbocycles. The lowest BCUT2D eigenvalue weighted by molar-refractivity contribution is -0.132. The summed E-state index contributed by atoms with van der Waals surface area (Å²) < 4.78 is 1.55. The number of likely N-dealkylation sites (tertiary alicyclic amines) is 1. The van der Waals surface area contributed by atoms with Crippen molar-refractivity contribution in [1.82, 2.24) is 25.1 Å². The second-order valence-electron chi connectivity index (χ2n) is 5.95. The van der Waals surface area contributed by atoms with Crippen molar-refractivity contribution in [2.75, 3.05) is 13.1 Å². The molecule has 7 nitrogen and oxygen atoms in total. The topological polar surface area (TPSA) is 84.1 Å². The first-order valence-corrected chi connectivity index (χ1v) is 6.63. The van der Waals surface area contributed by atoms with Crippen LogP contribution >= 0.6 is 0 Å². The van der Waals surface area contributed by atoms with E-state index in [2.05, 4.69) is 29.4 Å². The Kier molecular flexibility index (Phi) is 4.14. The van der Waals surface area contributed by atoms with E-state index in [4.69, 9.17) is 0 Å². The van der Waals surface area contributed by atoms with E-state index >= 15 is 0 Å². The van der Waals surface area contributed by atoms with E-state index in [1.165, 1.54) is 6.33 Å². The van der Waals surface area contributed by atoms with Gasteiger partial charge in [0.1, 0.15) is 6.33 Å². The van der Waals surface area contributed by atoms with Gasteiger partial charge in [-0.1, -0.05) is 13.8 Å². The summed E-state index contributed by atoms with van der Waals surface area (Å²) in [7, 11) is 0. The average molecular weight is 267 g/mol. The number of amides is 1. The summed E-state index contributed by atoms with van der Waals surface area (Å²) >= 11 is 0. The minimum absolute atomic E-state index is 0.0413. The van der Waals surface area contributed by atoms with Gasteiger partial charge in [-0.3, -0.25) is 4.79 Å². The highest BCUT2D eigenvalue weighted by Gasteiger charge is 2.30. The fraction of sp³-hybridized carbons (Fsp3) is 0.833. The van der Waals surface area contributed by atoms with E-state index in [1.807, 2.05) is 4.90 Å². The van der Waals surface area contributed by atoms with Crippen molar-refractivity contribution >= 4 is 5.91 Å². The Labute approximate surface area is 112 Å². The zero-order valence-electron chi connectivity index (χ0n) is 11.5. The molecule has 1 amide bonds. The molecular weight excluding hydrogens is 246 g/mol. The molecule has 1 saturated heterocycles. The van der Waals surface area contributed by atoms with E-state index in [1.54, 1.807) is 4.68 Å². The van der Waals surface area contributed by atoms with Gasteiger partial charge in [-0.05, 0) is 28.7 Å². The molecule has 0 radical (unpaired) electrons. The molecule has 1 fully saturated rings. The van der Waals surface area contributed by atoms with Crippen molar-refractivity contribution in [3.8, 4) is 0 Å². The number of aryl methyl sites for hydroxylation is 1. The first-order valence-electron chi connectivity index (χ1n) is 6.63. The lowest BCUT2D eigenvalue weighted by atomic mass is 9.87. The van der Waals surface area contributed by atoms with Crippen LogP contribution in [0.25, 0.3) is 0 Å². The van der Waals surface area contributed by atoms with Crippen molar-refractivity contribution in [2.24, 2.45) is 5.41 Å². The maximum absolute atomic E-state index is 12.2. The van der Waals surface area contributed by atoms with E-state index in [0.717, 1.165) is 6.42 Å². The number of aliphatic hydroxyl groups is 1. The van der Waals surface area contributed by atoms with Gasteiger partial charge in [0.2, 0.25) is 5.91 Å². The monoisotopic (exact) mass is 267 g/mol. The fourth-order valence-electron chi connectivity index (χ4n) is 2.57. The predicted molar refractivity (Wildman–Crippen MR) is 68.0 cm³/mol. The maximum Gasteiger partial charge on any atom is 0.224 e. The Morgan fingerprint density at radius 3 is 3.00 bits per heavy atom. The molecule has 7 heteroatoms. The number of rotatable bonds is 3. The second kappa shape index (κ2) is 5.64. The molecular formula is C12H21N5O2. The zero-order chi connectivity index (χ0) is 13.9. The SMILES string of the molecule is CC1(C)C[C@@H](O)CCN(C(=O)CCn2cnnn2)C1. The van der Waals surface area contributed by atoms with Crippen LogP contribution in [0.3, 0.4) is 0 Å². The summed E-state index contributed by atoms with van der Waals surface area (Å²) in [4.78, 5) is 14.1. The Balaban J connectivity index is 1.90. The van der Waals surface area contributed by atoms with Crippen LogP contribution in [-0.2, 0) is 11.3 Å². The second-order valence-corrected chi connectivity index (χ2v) is 5.95.